The molecule has 0 radical (unpaired) electrons. The van der Waals surface area contributed by atoms with Gasteiger partial charge in [0.25, 0.3) is 0 Å². The van der Waals surface area contributed by atoms with Gasteiger partial charge in [-0.15, -0.1) is 0 Å². The zero-order valence-electron chi connectivity index (χ0n) is 16.9. The Hall–Kier alpha value is -1.82. The lowest BCUT2D eigenvalue weighted by molar-refractivity contribution is -0.143. The highest BCUT2D eigenvalue weighted by Crippen LogP contribution is 2.36. The maximum atomic E-state index is 12.9. The molecule has 0 bridgehead atoms. The van der Waals surface area contributed by atoms with E-state index >= 15 is 0 Å². The van der Waals surface area contributed by atoms with Gasteiger partial charge in [0.1, 0.15) is 0 Å². The van der Waals surface area contributed by atoms with E-state index in [0.717, 1.165) is 10.6 Å². The second-order valence-corrected chi connectivity index (χ2v) is 9.22. The van der Waals surface area contributed by atoms with E-state index < -0.39 is 39.5 Å². The van der Waals surface area contributed by atoms with Gasteiger partial charge in [-0.1, -0.05) is 12.8 Å². The third-order valence-corrected chi connectivity index (χ3v) is 5.84. The van der Waals surface area contributed by atoms with Gasteiger partial charge in [-0.2, -0.15) is 26.3 Å². The normalized spacial score (nSPS) is 13.0. The summed E-state index contributed by atoms with van der Waals surface area (Å²) in [5.74, 6) is -0.916. The lowest BCUT2D eigenvalue weighted by atomic mass is 10.0. The number of sulfonamides is 1. The summed E-state index contributed by atoms with van der Waals surface area (Å²) in [6, 6.07) is 1.33. The Morgan fingerprint density at radius 1 is 0.871 bits per heavy atom. The molecule has 1 aromatic rings. The molecule has 0 fully saturated rings. The molecule has 0 saturated carbocycles. The van der Waals surface area contributed by atoms with Gasteiger partial charge in [-0.25, -0.2) is 12.7 Å². The van der Waals surface area contributed by atoms with E-state index in [0.29, 0.717) is 37.8 Å². The van der Waals surface area contributed by atoms with Crippen LogP contribution in [0.25, 0.3) is 0 Å². The molecule has 0 spiro atoms. The molecule has 178 valence electrons. The van der Waals surface area contributed by atoms with Gasteiger partial charge < -0.3 is 5.11 Å². The number of rotatable bonds is 12. The molecule has 12 heteroatoms. The molecule has 0 aliphatic heterocycles. The van der Waals surface area contributed by atoms with Crippen LogP contribution in [0.3, 0.4) is 0 Å². The fourth-order valence-electron chi connectivity index (χ4n) is 2.98. The molecular weight excluding hydrogens is 452 g/mol. The first kappa shape index (κ1) is 27.2. The maximum absolute atomic E-state index is 12.9. The maximum Gasteiger partial charge on any atom is 0.416 e. The number of aliphatic carboxylic acids is 1. The Labute approximate surface area is 177 Å². The topological polar surface area (TPSA) is 74.7 Å². The van der Waals surface area contributed by atoms with Crippen LogP contribution in [0.5, 0.6) is 0 Å². The minimum atomic E-state index is -4.94. The minimum Gasteiger partial charge on any atom is -0.481 e. The summed E-state index contributed by atoms with van der Waals surface area (Å²) in [5, 5.41) is 8.57. The van der Waals surface area contributed by atoms with Crippen molar-refractivity contribution in [2.45, 2.75) is 57.3 Å². The smallest absolute Gasteiger partial charge is 0.416 e. The average Bonchev–Trinajstić information content (AvgIpc) is 2.60. The molecule has 0 unspecified atom stereocenters. The lowest BCUT2D eigenvalue weighted by Gasteiger charge is -2.20. The van der Waals surface area contributed by atoms with E-state index in [-0.39, 0.29) is 44.0 Å². The van der Waals surface area contributed by atoms with Gasteiger partial charge in [0.05, 0.1) is 17.4 Å². The van der Waals surface area contributed by atoms with Gasteiger partial charge in [0.15, 0.2) is 0 Å². The van der Waals surface area contributed by atoms with Crippen molar-refractivity contribution in [3.8, 4) is 0 Å². The Morgan fingerprint density at radius 2 is 1.35 bits per heavy atom. The Kier molecular flexibility index (Phi) is 9.80. The van der Waals surface area contributed by atoms with Crippen LogP contribution >= 0.6 is 0 Å². The third-order valence-electron chi connectivity index (χ3n) is 4.54. The van der Waals surface area contributed by atoms with Crippen molar-refractivity contribution in [2.75, 3.05) is 19.3 Å². The molecule has 0 heterocycles. The first-order valence-corrected chi connectivity index (χ1v) is 11.4. The molecule has 0 aliphatic rings. The van der Waals surface area contributed by atoms with Crippen molar-refractivity contribution in [2.24, 2.45) is 0 Å². The van der Waals surface area contributed by atoms with Crippen molar-refractivity contribution in [1.82, 2.24) is 4.31 Å². The quantitative estimate of drug-likeness (QED) is 0.341. The number of hydrogen-bond acceptors (Lipinski definition) is 3. The van der Waals surface area contributed by atoms with Crippen LogP contribution in [0.2, 0.25) is 0 Å². The summed E-state index contributed by atoms with van der Waals surface area (Å²) in [4.78, 5) is 10.4. The Morgan fingerprint density at radius 3 is 1.81 bits per heavy atom. The van der Waals surface area contributed by atoms with Crippen LogP contribution in [0.4, 0.5) is 26.3 Å². The number of hydrogen-bond donors (Lipinski definition) is 1. The van der Waals surface area contributed by atoms with E-state index in [2.05, 4.69) is 0 Å². The Bertz CT molecular complexity index is 805. The van der Waals surface area contributed by atoms with E-state index in [9.17, 15) is 39.6 Å². The lowest BCUT2D eigenvalue weighted by Crippen LogP contribution is -2.32. The highest BCUT2D eigenvalue weighted by atomic mass is 32.2. The van der Waals surface area contributed by atoms with E-state index in [1.54, 1.807) is 0 Å². The van der Waals surface area contributed by atoms with E-state index in [1.807, 2.05) is 0 Å². The van der Waals surface area contributed by atoms with Crippen molar-refractivity contribution in [3.63, 3.8) is 0 Å². The molecule has 1 N–H and O–H groups in total. The Balaban J connectivity index is 2.73. The highest BCUT2D eigenvalue weighted by molar-refractivity contribution is 7.88. The molecule has 1 rings (SSSR count). The van der Waals surface area contributed by atoms with E-state index in [1.165, 1.54) is 0 Å². The molecule has 31 heavy (non-hydrogen) atoms. The van der Waals surface area contributed by atoms with Gasteiger partial charge in [0.2, 0.25) is 10.0 Å². The van der Waals surface area contributed by atoms with Crippen molar-refractivity contribution >= 4 is 16.0 Å². The second kappa shape index (κ2) is 11.2. The van der Waals surface area contributed by atoms with E-state index in [4.69, 9.17) is 5.11 Å². The molecule has 0 atom stereocenters. The molecule has 1 aromatic carbocycles. The summed E-state index contributed by atoms with van der Waals surface area (Å²) >= 11 is 0. The minimum absolute atomic E-state index is 0.0205. The summed E-state index contributed by atoms with van der Waals surface area (Å²) < 4.78 is 103. The SMILES string of the molecule is CS(=O)(=O)N(CCCCCCC(=O)O)CCCc1cc(C(F)(F)F)cc(C(F)(F)F)c1. The summed E-state index contributed by atoms with van der Waals surface area (Å²) in [6.45, 7) is 0.0911. The van der Waals surface area contributed by atoms with Crippen molar-refractivity contribution in [1.29, 1.82) is 0 Å². The van der Waals surface area contributed by atoms with Crippen LogP contribution in [0.15, 0.2) is 18.2 Å². The number of carbonyl (C=O) groups is 1. The first-order chi connectivity index (χ1) is 14.1. The molecule has 0 amide bonds. The average molecular weight is 477 g/mol. The zero-order chi connectivity index (χ0) is 23.9. The van der Waals surface area contributed by atoms with Gasteiger partial charge in [-0.05, 0) is 49.4 Å². The summed E-state index contributed by atoms with van der Waals surface area (Å²) in [5.41, 5.74) is -2.98. The first-order valence-electron chi connectivity index (χ1n) is 9.56. The molecule has 0 saturated heterocycles. The predicted octanol–water partition coefficient (Wildman–Crippen LogP) is 4.95. The number of carboxylic acids is 1. The number of carboxylic acid groups (broad SMARTS) is 1. The number of benzene rings is 1. The van der Waals surface area contributed by atoms with Gasteiger partial charge >= 0.3 is 18.3 Å². The predicted molar refractivity (Wildman–Crippen MR) is 102 cm³/mol. The van der Waals surface area contributed by atoms with Crippen LogP contribution < -0.4 is 0 Å². The standard InChI is InChI=1S/C19H25F6NO4S/c1-31(29,30)26(9-5-3-2-4-8-17(27)28)10-6-7-14-11-15(18(20,21)22)13-16(12-14)19(23,24)25/h11-13H,2-10H2,1H3,(H,27,28). The molecular formula is C19H25F6NO4S. The third kappa shape index (κ3) is 10.4. The fraction of sp³-hybridized carbons (Fsp3) is 0.632. The second-order valence-electron chi connectivity index (χ2n) is 7.24. The van der Waals surface area contributed by atoms with Crippen LogP contribution in [-0.4, -0.2) is 43.1 Å². The highest BCUT2D eigenvalue weighted by Gasteiger charge is 2.36. The monoisotopic (exact) mass is 477 g/mol. The number of alkyl halides is 6. The molecule has 0 aliphatic carbocycles. The number of nitrogens with zero attached hydrogens (tertiary/aromatic N) is 1. The fourth-order valence-corrected chi connectivity index (χ4v) is 3.91. The van der Waals surface area contributed by atoms with Gasteiger partial charge in [-0.3, -0.25) is 4.79 Å². The molecule has 5 nitrogen and oxygen atoms in total. The summed E-state index contributed by atoms with van der Waals surface area (Å²) in [7, 11) is -3.61. The number of halogens is 6. The number of unbranched alkanes of at least 4 members (excludes halogenated alkanes) is 3. The number of aryl methyl sites for hydroxylation is 1. The van der Waals surface area contributed by atoms with Crippen LogP contribution in [0.1, 0.15) is 55.2 Å². The van der Waals surface area contributed by atoms with Crippen LogP contribution in [-0.2, 0) is 33.6 Å². The van der Waals surface area contributed by atoms with Crippen molar-refractivity contribution in [3.05, 3.63) is 34.9 Å². The van der Waals surface area contributed by atoms with Gasteiger partial charge in [0, 0.05) is 19.5 Å². The summed E-state index contributed by atoms with van der Waals surface area (Å²) in [6.07, 6.45) is -6.85. The zero-order valence-corrected chi connectivity index (χ0v) is 17.7. The largest absolute Gasteiger partial charge is 0.481 e. The van der Waals surface area contributed by atoms with Crippen molar-refractivity contribution < 1.29 is 44.7 Å². The molecule has 0 aromatic heterocycles. The van der Waals surface area contributed by atoms with Crippen LogP contribution in [0, 0.1) is 0 Å².